The predicted molar refractivity (Wildman–Crippen MR) is 112 cm³/mol. The topological polar surface area (TPSA) is 114 Å². The van der Waals surface area contributed by atoms with E-state index in [1.807, 2.05) is 42.6 Å². The van der Waals surface area contributed by atoms with Gasteiger partial charge >= 0.3 is 0 Å². The molecule has 0 unspecified atom stereocenters. The Morgan fingerprint density at radius 1 is 1.00 bits per heavy atom. The van der Waals surface area contributed by atoms with Crippen molar-refractivity contribution in [3.05, 3.63) is 106 Å². The van der Waals surface area contributed by atoms with Crippen LogP contribution in [-0.4, -0.2) is 34.0 Å². The molecule has 10 nitrogen and oxygen atoms in total. The first-order chi connectivity index (χ1) is 15.1. The fourth-order valence-electron chi connectivity index (χ4n) is 3.38. The van der Waals surface area contributed by atoms with E-state index in [1.54, 1.807) is 22.9 Å². The molecule has 0 aliphatic carbocycles. The normalized spacial score (nSPS) is 11.1. The van der Waals surface area contributed by atoms with E-state index in [0.717, 1.165) is 5.69 Å². The molecule has 10 heteroatoms. The zero-order valence-electron chi connectivity index (χ0n) is 16.1. The van der Waals surface area contributed by atoms with Gasteiger partial charge < -0.3 is 0 Å². The van der Waals surface area contributed by atoms with Gasteiger partial charge in [-0.2, -0.15) is 10.2 Å². The molecule has 0 saturated carbocycles. The van der Waals surface area contributed by atoms with Crippen molar-refractivity contribution in [3.8, 4) is 11.4 Å². The zero-order valence-corrected chi connectivity index (χ0v) is 16.1. The maximum absolute atomic E-state index is 13.0. The van der Waals surface area contributed by atoms with Gasteiger partial charge in [0.1, 0.15) is 17.4 Å². The number of para-hydroxylation sites is 3. The lowest BCUT2D eigenvalue weighted by atomic mass is 10.2. The molecule has 0 bridgehead atoms. The summed E-state index contributed by atoms with van der Waals surface area (Å²) < 4.78 is 4.48. The van der Waals surface area contributed by atoms with Crippen LogP contribution in [0.25, 0.3) is 22.4 Å². The van der Waals surface area contributed by atoms with E-state index in [0.29, 0.717) is 5.69 Å². The van der Waals surface area contributed by atoms with Gasteiger partial charge in [-0.3, -0.25) is 19.5 Å². The highest BCUT2D eigenvalue weighted by Gasteiger charge is 2.19. The first kappa shape index (κ1) is 18.4. The van der Waals surface area contributed by atoms with Crippen LogP contribution in [0.3, 0.4) is 0 Å². The van der Waals surface area contributed by atoms with Crippen LogP contribution in [0.1, 0.15) is 5.69 Å². The Labute approximate surface area is 174 Å². The maximum Gasteiger partial charge on any atom is 0.294 e. The second-order valence-corrected chi connectivity index (χ2v) is 6.80. The Balaban J connectivity index is 1.51. The van der Waals surface area contributed by atoms with E-state index < -0.39 is 4.92 Å². The minimum atomic E-state index is -0.493. The lowest BCUT2D eigenvalue weighted by Gasteiger charge is -2.06. The first-order valence-electron chi connectivity index (χ1n) is 9.39. The van der Waals surface area contributed by atoms with Crippen LogP contribution in [0.2, 0.25) is 0 Å². The van der Waals surface area contributed by atoms with Crippen molar-refractivity contribution in [2.45, 2.75) is 6.54 Å². The summed E-state index contributed by atoms with van der Waals surface area (Å²) >= 11 is 0. The SMILES string of the molecule is O=c1c2cnn(-c3ccccc3[N+](=O)[O-])c2ncn1Cc1ccn(-c2ccccc2)n1. The lowest BCUT2D eigenvalue weighted by molar-refractivity contribution is -0.384. The molecule has 2 aromatic carbocycles. The molecule has 0 atom stereocenters. The van der Waals surface area contributed by atoms with Crippen molar-refractivity contribution >= 4 is 16.7 Å². The molecule has 31 heavy (non-hydrogen) atoms. The molecule has 152 valence electrons. The summed E-state index contributed by atoms with van der Waals surface area (Å²) in [5.74, 6) is 0. The monoisotopic (exact) mass is 413 g/mol. The largest absolute Gasteiger partial charge is 0.294 e. The highest BCUT2D eigenvalue weighted by atomic mass is 16.6. The van der Waals surface area contributed by atoms with Crippen molar-refractivity contribution in [3.63, 3.8) is 0 Å². The van der Waals surface area contributed by atoms with Crippen LogP contribution in [0.5, 0.6) is 0 Å². The first-order valence-corrected chi connectivity index (χ1v) is 9.39. The maximum atomic E-state index is 13.0. The molecule has 0 N–H and O–H groups in total. The van der Waals surface area contributed by atoms with Gasteiger partial charge in [0.25, 0.3) is 11.2 Å². The van der Waals surface area contributed by atoms with Gasteiger partial charge in [-0.15, -0.1) is 0 Å². The van der Waals surface area contributed by atoms with E-state index >= 15 is 0 Å². The molecule has 3 heterocycles. The Morgan fingerprint density at radius 2 is 1.77 bits per heavy atom. The number of aromatic nitrogens is 6. The third-order valence-electron chi connectivity index (χ3n) is 4.86. The van der Waals surface area contributed by atoms with E-state index in [-0.39, 0.29) is 34.5 Å². The Hall–Kier alpha value is -4.60. The van der Waals surface area contributed by atoms with Crippen molar-refractivity contribution in [2.24, 2.45) is 0 Å². The van der Waals surface area contributed by atoms with Gasteiger partial charge in [0.15, 0.2) is 5.65 Å². The Bertz CT molecular complexity index is 1470. The number of benzene rings is 2. The van der Waals surface area contributed by atoms with Crippen LogP contribution < -0.4 is 5.56 Å². The van der Waals surface area contributed by atoms with Crippen LogP contribution >= 0.6 is 0 Å². The molecule has 0 radical (unpaired) electrons. The van der Waals surface area contributed by atoms with Gasteiger partial charge in [0.2, 0.25) is 0 Å². The smallest absolute Gasteiger partial charge is 0.292 e. The number of nitro groups is 1. The molecular weight excluding hydrogens is 398 g/mol. The number of nitrogens with zero attached hydrogens (tertiary/aromatic N) is 7. The molecule has 0 saturated heterocycles. The van der Waals surface area contributed by atoms with E-state index in [1.165, 1.54) is 27.8 Å². The second-order valence-electron chi connectivity index (χ2n) is 6.80. The van der Waals surface area contributed by atoms with Crippen molar-refractivity contribution in [1.29, 1.82) is 0 Å². The third-order valence-corrected chi connectivity index (χ3v) is 4.86. The summed E-state index contributed by atoms with van der Waals surface area (Å²) in [5, 5.41) is 20.3. The van der Waals surface area contributed by atoms with E-state index in [4.69, 9.17) is 0 Å². The zero-order chi connectivity index (χ0) is 21.4. The number of nitro benzene ring substituents is 1. The highest BCUT2D eigenvalue weighted by molar-refractivity contribution is 5.76. The summed E-state index contributed by atoms with van der Waals surface area (Å²) in [6.07, 6.45) is 4.61. The minimum absolute atomic E-state index is 0.120. The summed E-state index contributed by atoms with van der Waals surface area (Å²) in [7, 11) is 0. The fraction of sp³-hybridized carbons (Fsp3) is 0.0476. The summed E-state index contributed by atoms with van der Waals surface area (Å²) in [6, 6.07) is 17.7. The predicted octanol–water partition coefficient (Wildman–Crippen LogP) is 2.72. The molecule has 0 amide bonds. The van der Waals surface area contributed by atoms with E-state index in [2.05, 4.69) is 15.2 Å². The average molecular weight is 413 g/mol. The van der Waals surface area contributed by atoms with Gasteiger partial charge in [-0.05, 0) is 24.3 Å². The summed E-state index contributed by atoms with van der Waals surface area (Å²) in [4.78, 5) is 28.2. The highest BCUT2D eigenvalue weighted by Crippen LogP contribution is 2.23. The van der Waals surface area contributed by atoms with Gasteiger partial charge in [0, 0.05) is 12.3 Å². The van der Waals surface area contributed by atoms with Crippen LogP contribution in [0.4, 0.5) is 5.69 Å². The standard InChI is InChI=1S/C21H15N7O3/c29-21-17-12-23-27(18-8-4-5-9-19(18)28(30)31)20(17)22-14-25(21)13-15-10-11-26(24-15)16-6-2-1-3-7-16/h1-12,14H,13H2. The number of hydrogen-bond acceptors (Lipinski definition) is 6. The van der Waals surface area contributed by atoms with Crippen LogP contribution in [0, 0.1) is 10.1 Å². The quantitative estimate of drug-likeness (QED) is 0.323. The minimum Gasteiger partial charge on any atom is -0.292 e. The third kappa shape index (κ3) is 3.25. The molecule has 0 fully saturated rings. The molecule has 5 aromatic rings. The van der Waals surface area contributed by atoms with Gasteiger partial charge in [-0.25, -0.2) is 14.3 Å². The molecule has 5 rings (SSSR count). The fourth-order valence-corrected chi connectivity index (χ4v) is 3.38. The number of fused-ring (bicyclic) bond motifs is 1. The molecular formula is C21H15N7O3. The van der Waals surface area contributed by atoms with Gasteiger partial charge in [-0.1, -0.05) is 30.3 Å². The van der Waals surface area contributed by atoms with E-state index in [9.17, 15) is 14.9 Å². The Morgan fingerprint density at radius 3 is 2.58 bits per heavy atom. The molecule has 0 aliphatic rings. The van der Waals surface area contributed by atoms with Crippen LogP contribution in [-0.2, 0) is 6.54 Å². The van der Waals surface area contributed by atoms with Crippen molar-refractivity contribution < 1.29 is 4.92 Å². The second kappa shape index (κ2) is 7.34. The summed E-state index contributed by atoms with van der Waals surface area (Å²) in [5.41, 5.74) is 1.69. The molecule has 0 aliphatic heterocycles. The Kier molecular flexibility index (Phi) is 4.36. The number of hydrogen-bond donors (Lipinski definition) is 0. The van der Waals surface area contributed by atoms with Gasteiger partial charge in [0.05, 0.1) is 29.0 Å². The molecule has 0 spiro atoms. The van der Waals surface area contributed by atoms with Crippen LogP contribution in [0.15, 0.2) is 84.2 Å². The van der Waals surface area contributed by atoms with Crippen molar-refractivity contribution in [1.82, 2.24) is 29.1 Å². The summed E-state index contributed by atoms with van der Waals surface area (Å²) in [6.45, 7) is 0.234. The molecule has 3 aromatic heterocycles. The van der Waals surface area contributed by atoms with Crippen molar-refractivity contribution in [2.75, 3.05) is 0 Å². The lowest BCUT2D eigenvalue weighted by Crippen LogP contribution is -2.21. The average Bonchev–Trinajstić information content (AvgIpc) is 3.44. The number of rotatable bonds is 5.